The van der Waals surface area contributed by atoms with Gasteiger partial charge >= 0.3 is 0 Å². The molecule has 4 N–H and O–H groups in total. The lowest BCUT2D eigenvalue weighted by Crippen LogP contribution is -2.36. The van der Waals surface area contributed by atoms with E-state index in [0.29, 0.717) is 19.5 Å². The van der Waals surface area contributed by atoms with Gasteiger partial charge in [0, 0.05) is 19.1 Å². The number of rotatable bonds is 1. The summed E-state index contributed by atoms with van der Waals surface area (Å²) in [5.74, 6) is 0. The molecule has 0 amide bonds. The van der Waals surface area contributed by atoms with Crippen molar-refractivity contribution in [1.29, 1.82) is 0 Å². The van der Waals surface area contributed by atoms with Gasteiger partial charge < -0.3 is 5.73 Å². The Bertz CT molecular complexity index is 217. The van der Waals surface area contributed by atoms with Crippen LogP contribution < -0.4 is 10.9 Å². The Hall–Kier alpha value is 0.120. The molecule has 0 aromatic carbocycles. The fraction of sp³-hybridized carbons (Fsp3) is 1.00. The number of halogens is 1. The highest BCUT2D eigenvalue weighted by Gasteiger charge is 2.26. The van der Waals surface area contributed by atoms with Crippen molar-refractivity contribution in [2.45, 2.75) is 12.5 Å². The first kappa shape index (κ1) is 11.1. The summed E-state index contributed by atoms with van der Waals surface area (Å²) in [6.07, 6.45) is 0.705. The van der Waals surface area contributed by atoms with Crippen LogP contribution in [0.15, 0.2) is 0 Å². The average Bonchev–Trinajstić information content (AvgIpc) is 2.11. The van der Waals surface area contributed by atoms with Crippen LogP contribution in [-0.4, -0.2) is 31.9 Å². The lowest BCUT2D eigenvalue weighted by atomic mass is 10.3. The summed E-state index contributed by atoms with van der Waals surface area (Å²) in [6, 6.07) is -0.0432. The highest BCUT2D eigenvalue weighted by molar-refractivity contribution is 7.86. The van der Waals surface area contributed by atoms with Gasteiger partial charge in [-0.15, -0.1) is 12.4 Å². The Balaban J connectivity index is 0.000001000. The van der Waals surface area contributed by atoms with Gasteiger partial charge in [0.15, 0.2) is 0 Å². The van der Waals surface area contributed by atoms with Gasteiger partial charge in [-0.2, -0.15) is 12.7 Å². The maximum atomic E-state index is 10.6. The average molecular weight is 202 g/mol. The fourth-order valence-electron chi connectivity index (χ4n) is 0.985. The Morgan fingerprint density at radius 3 is 2.18 bits per heavy atom. The van der Waals surface area contributed by atoms with Crippen molar-refractivity contribution in [3.63, 3.8) is 0 Å². The summed E-state index contributed by atoms with van der Waals surface area (Å²) in [5.41, 5.74) is 5.46. The Kier molecular flexibility index (Phi) is 3.72. The van der Waals surface area contributed by atoms with E-state index in [-0.39, 0.29) is 18.4 Å². The van der Waals surface area contributed by atoms with Crippen LogP contribution in [0.3, 0.4) is 0 Å². The molecule has 0 spiro atoms. The zero-order chi connectivity index (χ0) is 7.78. The normalized spacial score (nSPS) is 26.5. The lowest BCUT2D eigenvalue weighted by molar-refractivity contribution is 0.474. The molecule has 5 nitrogen and oxygen atoms in total. The van der Waals surface area contributed by atoms with E-state index in [1.54, 1.807) is 0 Å². The van der Waals surface area contributed by atoms with E-state index in [1.165, 1.54) is 4.31 Å². The molecule has 0 saturated carbocycles. The van der Waals surface area contributed by atoms with E-state index in [4.69, 9.17) is 10.9 Å². The predicted molar refractivity (Wildman–Crippen MR) is 44.5 cm³/mol. The molecule has 1 aliphatic rings. The van der Waals surface area contributed by atoms with Gasteiger partial charge in [0.05, 0.1) is 0 Å². The van der Waals surface area contributed by atoms with E-state index >= 15 is 0 Å². The van der Waals surface area contributed by atoms with Crippen molar-refractivity contribution in [2.75, 3.05) is 13.1 Å². The number of hydrogen-bond acceptors (Lipinski definition) is 3. The smallest absolute Gasteiger partial charge is 0.276 e. The van der Waals surface area contributed by atoms with Crippen LogP contribution in [0, 0.1) is 0 Å². The molecule has 0 aromatic heterocycles. The van der Waals surface area contributed by atoms with Crippen molar-refractivity contribution < 1.29 is 8.42 Å². The molecule has 68 valence electrons. The van der Waals surface area contributed by atoms with Crippen LogP contribution in [0.5, 0.6) is 0 Å². The molecule has 1 rings (SSSR count). The third-order valence-corrected chi connectivity index (χ3v) is 2.60. The summed E-state index contributed by atoms with van der Waals surface area (Å²) >= 11 is 0. The minimum absolute atomic E-state index is 0. The summed E-state index contributed by atoms with van der Waals surface area (Å²) in [6.45, 7) is 0.818. The van der Waals surface area contributed by atoms with Crippen LogP contribution in [0.1, 0.15) is 6.42 Å². The van der Waals surface area contributed by atoms with Crippen LogP contribution in [0.25, 0.3) is 0 Å². The Labute approximate surface area is 72.3 Å². The molecule has 1 atom stereocenters. The molecule has 0 aliphatic carbocycles. The molecule has 0 aromatic rings. The van der Waals surface area contributed by atoms with Gasteiger partial charge in [-0.3, -0.25) is 0 Å². The SMILES string of the molecule is Cl.N[C@@H]1CCN(S(N)(=O)=O)C1. The molecular weight excluding hydrogens is 190 g/mol. The molecule has 1 fully saturated rings. The number of nitrogens with zero attached hydrogens (tertiary/aromatic N) is 1. The minimum Gasteiger partial charge on any atom is -0.326 e. The highest BCUT2D eigenvalue weighted by atomic mass is 35.5. The third kappa shape index (κ3) is 2.92. The van der Waals surface area contributed by atoms with Crippen LogP contribution in [0.4, 0.5) is 0 Å². The van der Waals surface area contributed by atoms with Gasteiger partial charge in [-0.05, 0) is 6.42 Å². The monoisotopic (exact) mass is 201 g/mol. The van der Waals surface area contributed by atoms with Gasteiger partial charge in [0.2, 0.25) is 0 Å². The zero-order valence-corrected chi connectivity index (χ0v) is 7.57. The van der Waals surface area contributed by atoms with Crippen LogP contribution in [0.2, 0.25) is 0 Å². The van der Waals surface area contributed by atoms with Gasteiger partial charge in [-0.1, -0.05) is 0 Å². The minimum atomic E-state index is -3.48. The summed E-state index contributed by atoms with van der Waals surface area (Å²) in [7, 11) is -3.48. The molecular formula is C4H12ClN3O2S. The zero-order valence-electron chi connectivity index (χ0n) is 5.93. The number of nitrogens with two attached hydrogens (primary N) is 2. The summed E-state index contributed by atoms with van der Waals surface area (Å²) in [4.78, 5) is 0. The molecule has 0 bridgehead atoms. The van der Waals surface area contributed by atoms with E-state index < -0.39 is 10.2 Å². The van der Waals surface area contributed by atoms with Crippen molar-refractivity contribution >= 4 is 22.6 Å². The Morgan fingerprint density at radius 1 is 1.45 bits per heavy atom. The van der Waals surface area contributed by atoms with E-state index in [1.807, 2.05) is 0 Å². The first-order valence-electron chi connectivity index (χ1n) is 3.03. The second-order valence-electron chi connectivity index (χ2n) is 2.45. The van der Waals surface area contributed by atoms with Crippen LogP contribution in [-0.2, 0) is 10.2 Å². The standard InChI is InChI=1S/C4H11N3O2S.ClH/c5-4-1-2-7(3-4)10(6,8)9;/h4H,1-3,5H2,(H2,6,8,9);1H/t4-;/m1./s1. The molecule has 0 unspecified atom stereocenters. The summed E-state index contributed by atoms with van der Waals surface area (Å²) < 4.78 is 22.4. The molecule has 0 radical (unpaired) electrons. The van der Waals surface area contributed by atoms with E-state index in [2.05, 4.69) is 0 Å². The summed E-state index contributed by atoms with van der Waals surface area (Å²) in [5, 5.41) is 4.85. The van der Waals surface area contributed by atoms with Crippen LogP contribution >= 0.6 is 12.4 Å². The van der Waals surface area contributed by atoms with Crippen molar-refractivity contribution in [3.8, 4) is 0 Å². The first-order valence-corrected chi connectivity index (χ1v) is 4.54. The maximum absolute atomic E-state index is 10.6. The van der Waals surface area contributed by atoms with Gasteiger partial charge in [0.1, 0.15) is 0 Å². The largest absolute Gasteiger partial charge is 0.326 e. The molecule has 7 heteroatoms. The second-order valence-corrected chi connectivity index (χ2v) is 4.00. The predicted octanol–water partition coefficient (Wildman–Crippen LogP) is -1.36. The lowest BCUT2D eigenvalue weighted by Gasteiger charge is -2.10. The molecule has 11 heavy (non-hydrogen) atoms. The van der Waals surface area contributed by atoms with Gasteiger partial charge in [-0.25, -0.2) is 5.14 Å². The molecule has 1 heterocycles. The number of hydrogen-bond donors (Lipinski definition) is 2. The fourth-order valence-corrected chi connectivity index (χ4v) is 1.74. The van der Waals surface area contributed by atoms with Crippen molar-refractivity contribution in [3.05, 3.63) is 0 Å². The maximum Gasteiger partial charge on any atom is 0.276 e. The highest BCUT2D eigenvalue weighted by Crippen LogP contribution is 2.08. The third-order valence-electron chi connectivity index (χ3n) is 1.55. The second kappa shape index (κ2) is 3.68. The molecule has 1 aliphatic heterocycles. The van der Waals surface area contributed by atoms with E-state index in [0.717, 1.165) is 0 Å². The topological polar surface area (TPSA) is 89.4 Å². The van der Waals surface area contributed by atoms with Gasteiger partial charge in [0.25, 0.3) is 10.2 Å². The van der Waals surface area contributed by atoms with Crippen molar-refractivity contribution in [2.24, 2.45) is 10.9 Å². The van der Waals surface area contributed by atoms with Crippen molar-refractivity contribution in [1.82, 2.24) is 4.31 Å². The quantitative estimate of drug-likeness (QED) is 0.550. The van der Waals surface area contributed by atoms with E-state index in [9.17, 15) is 8.42 Å². The first-order chi connectivity index (χ1) is 4.50. The molecule has 1 saturated heterocycles. The Morgan fingerprint density at radius 2 is 2.00 bits per heavy atom.